The summed E-state index contributed by atoms with van der Waals surface area (Å²) in [7, 11) is 0. The Morgan fingerprint density at radius 2 is 2.00 bits per heavy atom. The molecule has 0 aliphatic carbocycles. The van der Waals surface area contributed by atoms with Crippen molar-refractivity contribution in [2.24, 2.45) is 0 Å². The van der Waals surface area contributed by atoms with E-state index in [0.717, 1.165) is 5.56 Å². The van der Waals surface area contributed by atoms with Crippen LogP contribution in [-0.4, -0.2) is 30.2 Å². The number of aromatic nitrogens is 6. The third kappa shape index (κ3) is 1.26. The highest BCUT2D eigenvalue weighted by atomic mass is 16.1. The summed E-state index contributed by atoms with van der Waals surface area (Å²) < 4.78 is 1.18. The number of fused-ring (bicyclic) bond motifs is 1. The molecule has 78 valence electrons. The van der Waals surface area contributed by atoms with Crippen LogP contribution in [0, 0.1) is 0 Å². The Hall–Kier alpha value is -2.57. The number of hydrogen-bond acceptors (Lipinski definition) is 5. The number of tetrazole rings is 1. The Morgan fingerprint density at radius 1 is 1.19 bits per heavy atom. The first-order valence-corrected chi connectivity index (χ1v) is 4.59. The molecule has 1 N–H and O–H groups in total. The zero-order valence-corrected chi connectivity index (χ0v) is 8.03. The van der Waals surface area contributed by atoms with Crippen LogP contribution < -0.4 is 5.56 Å². The van der Waals surface area contributed by atoms with Gasteiger partial charge in [-0.3, -0.25) is 9.78 Å². The van der Waals surface area contributed by atoms with Crippen LogP contribution in [0.1, 0.15) is 0 Å². The van der Waals surface area contributed by atoms with Crippen LogP contribution in [0.3, 0.4) is 0 Å². The van der Waals surface area contributed by atoms with Gasteiger partial charge in [0.05, 0.1) is 0 Å². The van der Waals surface area contributed by atoms with Crippen molar-refractivity contribution in [1.29, 1.82) is 0 Å². The number of rotatable bonds is 1. The normalized spacial score (nSPS) is 10.8. The molecule has 0 radical (unpaired) electrons. The van der Waals surface area contributed by atoms with E-state index in [2.05, 4.69) is 25.6 Å². The Labute approximate surface area is 88.7 Å². The van der Waals surface area contributed by atoms with E-state index in [1.165, 1.54) is 4.63 Å². The van der Waals surface area contributed by atoms with Crippen LogP contribution in [0.15, 0.2) is 35.1 Å². The Bertz CT molecular complexity index is 686. The number of benzene rings is 1. The molecule has 0 aliphatic heterocycles. The molecule has 1 aromatic carbocycles. The maximum atomic E-state index is 11.7. The van der Waals surface area contributed by atoms with Gasteiger partial charge in [0, 0.05) is 5.56 Å². The summed E-state index contributed by atoms with van der Waals surface area (Å²) in [6.45, 7) is 0. The second-order valence-corrected chi connectivity index (χ2v) is 3.16. The summed E-state index contributed by atoms with van der Waals surface area (Å²) in [4.78, 5) is 14.3. The quantitative estimate of drug-likeness (QED) is 0.609. The largest absolute Gasteiger partial charge is 0.286 e. The van der Waals surface area contributed by atoms with Gasteiger partial charge in [0.2, 0.25) is 0 Å². The van der Waals surface area contributed by atoms with Crippen molar-refractivity contribution in [2.45, 2.75) is 0 Å². The standard InChI is InChI=1S/C9H6N6O/c16-8-7(6-4-2-1-3-5-6)12-15-9(10-8)11-13-14-15/h1-5H,(H,10,11,14,16). The molecule has 2 heterocycles. The van der Waals surface area contributed by atoms with Crippen LogP contribution in [-0.2, 0) is 0 Å². The molecule has 3 aromatic rings. The van der Waals surface area contributed by atoms with Crippen LogP contribution in [0.5, 0.6) is 0 Å². The molecular formula is C9H6N6O. The van der Waals surface area contributed by atoms with Crippen LogP contribution in [0.25, 0.3) is 17.0 Å². The third-order valence-corrected chi connectivity index (χ3v) is 2.14. The molecule has 0 saturated carbocycles. The van der Waals surface area contributed by atoms with E-state index in [1.54, 1.807) is 12.1 Å². The third-order valence-electron chi connectivity index (χ3n) is 2.14. The number of nitrogens with zero attached hydrogens (tertiary/aromatic N) is 5. The fourth-order valence-corrected chi connectivity index (χ4v) is 1.41. The minimum atomic E-state index is -0.312. The molecule has 0 saturated heterocycles. The maximum absolute atomic E-state index is 11.7. The monoisotopic (exact) mass is 214 g/mol. The molecule has 7 nitrogen and oxygen atoms in total. The fraction of sp³-hybridized carbons (Fsp3) is 0. The predicted octanol–water partition coefficient (Wildman–Crippen LogP) is -0.125. The van der Waals surface area contributed by atoms with Crippen LogP contribution >= 0.6 is 0 Å². The van der Waals surface area contributed by atoms with Crippen molar-refractivity contribution in [2.75, 3.05) is 0 Å². The second-order valence-electron chi connectivity index (χ2n) is 3.16. The maximum Gasteiger partial charge on any atom is 0.279 e. The molecule has 0 unspecified atom stereocenters. The molecular weight excluding hydrogens is 208 g/mol. The van der Waals surface area contributed by atoms with E-state index in [0.29, 0.717) is 5.69 Å². The second kappa shape index (κ2) is 3.23. The first-order chi connectivity index (χ1) is 7.84. The first-order valence-electron chi connectivity index (χ1n) is 4.59. The van der Waals surface area contributed by atoms with Crippen LogP contribution in [0.2, 0.25) is 0 Å². The van der Waals surface area contributed by atoms with Gasteiger partial charge in [-0.15, -0.1) is 5.10 Å². The fourth-order valence-electron chi connectivity index (χ4n) is 1.41. The van der Waals surface area contributed by atoms with E-state index in [1.807, 2.05) is 18.2 Å². The smallest absolute Gasteiger partial charge is 0.279 e. The van der Waals surface area contributed by atoms with Crippen molar-refractivity contribution in [3.05, 3.63) is 40.7 Å². The SMILES string of the molecule is O=c1[nH]c2nnnn2nc1-c1ccccc1. The van der Waals surface area contributed by atoms with Crippen molar-refractivity contribution in [3.8, 4) is 11.3 Å². The highest BCUT2D eigenvalue weighted by molar-refractivity contribution is 5.57. The average Bonchev–Trinajstić information content (AvgIpc) is 2.76. The van der Waals surface area contributed by atoms with E-state index in [-0.39, 0.29) is 11.3 Å². The predicted molar refractivity (Wildman–Crippen MR) is 54.6 cm³/mol. The minimum Gasteiger partial charge on any atom is -0.286 e. The van der Waals surface area contributed by atoms with Gasteiger partial charge in [0.15, 0.2) is 5.69 Å². The van der Waals surface area contributed by atoms with E-state index < -0.39 is 0 Å². The highest BCUT2D eigenvalue weighted by Crippen LogP contribution is 2.10. The number of aromatic amines is 1. The highest BCUT2D eigenvalue weighted by Gasteiger charge is 2.08. The molecule has 0 amide bonds. The van der Waals surface area contributed by atoms with E-state index in [9.17, 15) is 4.79 Å². The van der Waals surface area contributed by atoms with E-state index >= 15 is 0 Å². The molecule has 0 aliphatic rings. The van der Waals surface area contributed by atoms with Crippen molar-refractivity contribution >= 4 is 5.78 Å². The van der Waals surface area contributed by atoms with Gasteiger partial charge in [-0.05, 0) is 10.4 Å². The van der Waals surface area contributed by atoms with Gasteiger partial charge < -0.3 is 0 Å². The van der Waals surface area contributed by atoms with Crippen molar-refractivity contribution in [1.82, 2.24) is 30.2 Å². The molecule has 0 fully saturated rings. The summed E-state index contributed by atoms with van der Waals surface area (Å²) in [5, 5.41) is 14.7. The lowest BCUT2D eigenvalue weighted by Gasteiger charge is -1.97. The number of H-pyrrole nitrogens is 1. The molecule has 7 heteroatoms. The summed E-state index contributed by atoms with van der Waals surface area (Å²) >= 11 is 0. The zero-order valence-electron chi connectivity index (χ0n) is 8.03. The molecule has 2 aromatic heterocycles. The lowest BCUT2D eigenvalue weighted by atomic mass is 10.2. The molecule has 3 rings (SSSR count). The molecule has 0 bridgehead atoms. The Morgan fingerprint density at radius 3 is 2.81 bits per heavy atom. The average molecular weight is 214 g/mol. The van der Waals surface area contributed by atoms with Gasteiger partial charge in [-0.1, -0.05) is 40.1 Å². The zero-order chi connectivity index (χ0) is 11.0. The Kier molecular flexibility index (Phi) is 1.76. The van der Waals surface area contributed by atoms with Crippen molar-refractivity contribution < 1.29 is 0 Å². The molecule has 0 spiro atoms. The van der Waals surface area contributed by atoms with Crippen molar-refractivity contribution in [3.63, 3.8) is 0 Å². The van der Waals surface area contributed by atoms with Gasteiger partial charge in [-0.2, -0.15) is 0 Å². The summed E-state index contributed by atoms with van der Waals surface area (Å²) in [5.41, 5.74) is 0.704. The van der Waals surface area contributed by atoms with Gasteiger partial charge >= 0.3 is 0 Å². The van der Waals surface area contributed by atoms with Gasteiger partial charge in [0.1, 0.15) is 0 Å². The Balaban J connectivity index is 2.31. The summed E-state index contributed by atoms with van der Waals surface area (Å²) in [5.74, 6) is 0.227. The van der Waals surface area contributed by atoms with Gasteiger partial charge in [0.25, 0.3) is 11.3 Å². The van der Waals surface area contributed by atoms with E-state index in [4.69, 9.17) is 0 Å². The van der Waals surface area contributed by atoms with Gasteiger partial charge in [-0.25, -0.2) is 0 Å². The lowest BCUT2D eigenvalue weighted by Crippen LogP contribution is -2.15. The first kappa shape index (κ1) is 8.72. The topological polar surface area (TPSA) is 88.8 Å². The number of hydrogen-bond donors (Lipinski definition) is 1. The van der Waals surface area contributed by atoms with Crippen LogP contribution in [0.4, 0.5) is 0 Å². The minimum absolute atomic E-state index is 0.227. The molecule has 0 atom stereocenters. The summed E-state index contributed by atoms with van der Waals surface area (Å²) in [6.07, 6.45) is 0. The molecule has 16 heavy (non-hydrogen) atoms. The summed E-state index contributed by atoms with van der Waals surface area (Å²) in [6, 6.07) is 9.13. The number of nitrogens with one attached hydrogen (secondary N) is 1. The lowest BCUT2D eigenvalue weighted by molar-refractivity contribution is 0.725.